The van der Waals surface area contributed by atoms with Gasteiger partial charge in [-0.2, -0.15) is 0 Å². The average molecular weight is 233 g/mol. The Morgan fingerprint density at radius 3 is 2.71 bits per heavy atom. The van der Waals surface area contributed by atoms with Crippen LogP contribution in [0.1, 0.15) is 12.5 Å². The van der Waals surface area contributed by atoms with E-state index in [2.05, 4.69) is 17.0 Å². The van der Waals surface area contributed by atoms with Crippen LogP contribution in [-0.4, -0.2) is 31.1 Å². The summed E-state index contributed by atoms with van der Waals surface area (Å²) in [6.45, 7) is 3.82. The van der Waals surface area contributed by atoms with E-state index in [0.717, 1.165) is 13.1 Å². The van der Waals surface area contributed by atoms with Gasteiger partial charge in [0.2, 0.25) is 0 Å². The first kappa shape index (κ1) is 13.5. The molecule has 1 rings (SSSR count). The number of carbonyl (C=O) groups excluding carboxylic acids is 1. The van der Waals surface area contributed by atoms with Gasteiger partial charge in [-0.3, -0.25) is 4.90 Å². The fourth-order valence-electron chi connectivity index (χ4n) is 1.48. The van der Waals surface area contributed by atoms with E-state index in [0.29, 0.717) is 6.61 Å². The molecule has 1 aromatic rings. The molecule has 0 heterocycles. The molecule has 0 unspecified atom stereocenters. The Balaban J connectivity index is 2.30. The van der Waals surface area contributed by atoms with Crippen LogP contribution in [0.25, 0.3) is 0 Å². The number of hydrogen-bond acceptors (Lipinski definition) is 3. The summed E-state index contributed by atoms with van der Waals surface area (Å²) in [7, 11) is 2.02. The van der Waals surface area contributed by atoms with Crippen molar-refractivity contribution >= 4 is 5.97 Å². The van der Waals surface area contributed by atoms with Crippen LogP contribution in [0, 0.1) is 0 Å². The number of benzene rings is 1. The molecule has 0 bridgehead atoms. The van der Waals surface area contributed by atoms with Crippen LogP contribution in [-0.2, 0) is 16.1 Å². The minimum absolute atomic E-state index is 0.277. The summed E-state index contributed by atoms with van der Waals surface area (Å²) in [4.78, 5) is 13.2. The molecule has 0 aliphatic carbocycles. The summed E-state index contributed by atoms with van der Waals surface area (Å²) in [6.07, 6.45) is 3.30. The normalized spacial score (nSPS) is 11.0. The summed E-state index contributed by atoms with van der Waals surface area (Å²) in [5.74, 6) is -0.277. The maximum absolute atomic E-state index is 11.1. The van der Waals surface area contributed by atoms with Crippen molar-refractivity contribution in [3.63, 3.8) is 0 Å². The fraction of sp³-hybridized carbons (Fsp3) is 0.357. The molecule has 0 aliphatic rings. The number of esters is 1. The summed E-state index contributed by atoms with van der Waals surface area (Å²) in [5.41, 5.74) is 1.26. The quantitative estimate of drug-likeness (QED) is 0.557. The van der Waals surface area contributed by atoms with Gasteiger partial charge in [0, 0.05) is 19.2 Å². The molecule has 1 aromatic carbocycles. The number of ether oxygens (including phenoxy) is 1. The van der Waals surface area contributed by atoms with Gasteiger partial charge >= 0.3 is 5.97 Å². The van der Waals surface area contributed by atoms with Crippen LogP contribution >= 0.6 is 0 Å². The summed E-state index contributed by atoms with van der Waals surface area (Å²) in [5, 5.41) is 0. The second-order valence-electron chi connectivity index (χ2n) is 3.84. The van der Waals surface area contributed by atoms with E-state index in [-0.39, 0.29) is 5.97 Å². The van der Waals surface area contributed by atoms with Crippen LogP contribution in [0.4, 0.5) is 0 Å². The van der Waals surface area contributed by atoms with Crippen molar-refractivity contribution in [2.75, 3.05) is 20.2 Å². The average Bonchev–Trinajstić information content (AvgIpc) is 2.30. The zero-order valence-electron chi connectivity index (χ0n) is 10.4. The molecular weight excluding hydrogens is 214 g/mol. The highest BCUT2D eigenvalue weighted by molar-refractivity contribution is 5.81. The Labute approximate surface area is 103 Å². The van der Waals surface area contributed by atoms with Crippen LogP contribution in [0.15, 0.2) is 42.5 Å². The molecule has 17 heavy (non-hydrogen) atoms. The largest absolute Gasteiger partial charge is 0.463 e. The first-order chi connectivity index (χ1) is 8.22. The molecule has 0 saturated carbocycles. The van der Waals surface area contributed by atoms with Crippen molar-refractivity contribution in [3.8, 4) is 0 Å². The van der Waals surface area contributed by atoms with E-state index in [9.17, 15) is 4.79 Å². The lowest BCUT2D eigenvalue weighted by molar-refractivity contribution is -0.137. The lowest BCUT2D eigenvalue weighted by atomic mass is 10.2. The molecular formula is C14H19NO2. The van der Waals surface area contributed by atoms with Gasteiger partial charge in [-0.05, 0) is 19.5 Å². The molecule has 92 valence electrons. The van der Waals surface area contributed by atoms with Gasteiger partial charge in [-0.25, -0.2) is 4.79 Å². The molecule has 0 saturated heterocycles. The van der Waals surface area contributed by atoms with E-state index in [1.54, 1.807) is 6.92 Å². The van der Waals surface area contributed by atoms with Gasteiger partial charge in [0.1, 0.15) is 0 Å². The first-order valence-electron chi connectivity index (χ1n) is 5.78. The van der Waals surface area contributed by atoms with Crippen molar-refractivity contribution in [2.45, 2.75) is 13.5 Å². The molecule has 0 aromatic heterocycles. The standard InChI is InChI=1S/C14H19NO2/c1-3-17-14(16)10-7-11-15(2)12-13-8-5-4-6-9-13/h4-10H,3,11-12H2,1-2H3/b10-7+. The topological polar surface area (TPSA) is 29.5 Å². The van der Waals surface area contributed by atoms with Crippen molar-refractivity contribution < 1.29 is 9.53 Å². The van der Waals surface area contributed by atoms with Crippen molar-refractivity contribution in [3.05, 3.63) is 48.0 Å². The molecule has 0 amide bonds. The maximum atomic E-state index is 11.1. The Morgan fingerprint density at radius 1 is 1.35 bits per heavy atom. The van der Waals surface area contributed by atoms with E-state index < -0.39 is 0 Å². The first-order valence-corrected chi connectivity index (χ1v) is 5.78. The zero-order chi connectivity index (χ0) is 12.5. The molecule has 0 aliphatic heterocycles. The smallest absolute Gasteiger partial charge is 0.330 e. The molecule has 0 spiro atoms. The lowest BCUT2D eigenvalue weighted by Gasteiger charge is -2.13. The van der Waals surface area contributed by atoms with E-state index >= 15 is 0 Å². The highest BCUT2D eigenvalue weighted by Gasteiger charge is 1.98. The van der Waals surface area contributed by atoms with E-state index in [4.69, 9.17) is 4.74 Å². The summed E-state index contributed by atoms with van der Waals surface area (Å²) in [6, 6.07) is 10.2. The fourth-order valence-corrected chi connectivity index (χ4v) is 1.48. The second kappa shape index (κ2) is 7.63. The molecule has 0 N–H and O–H groups in total. The summed E-state index contributed by atoms with van der Waals surface area (Å²) >= 11 is 0. The van der Waals surface area contributed by atoms with Gasteiger partial charge < -0.3 is 4.74 Å². The maximum Gasteiger partial charge on any atom is 0.330 e. The summed E-state index contributed by atoms with van der Waals surface area (Å²) < 4.78 is 4.80. The van der Waals surface area contributed by atoms with Crippen molar-refractivity contribution in [1.82, 2.24) is 4.90 Å². The Morgan fingerprint density at radius 2 is 2.06 bits per heavy atom. The predicted octanol–water partition coefficient (Wildman–Crippen LogP) is 2.24. The number of hydrogen-bond donors (Lipinski definition) is 0. The molecule has 3 nitrogen and oxygen atoms in total. The van der Waals surface area contributed by atoms with Crippen LogP contribution in [0.3, 0.4) is 0 Å². The third-order valence-corrected chi connectivity index (χ3v) is 2.25. The Bertz CT molecular complexity index is 360. The highest BCUT2D eigenvalue weighted by atomic mass is 16.5. The van der Waals surface area contributed by atoms with Gasteiger partial charge in [0.05, 0.1) is 6.61 Å². The van der Waals surface area contributed by atoms with Crippen LogP contribution in [0.2, 0.25) is 0 Å². The number of carbonyl (C=O) groups is 1. The minimum Gasteiger partial charge on any atom is -0.463 e. The number of likely N-dealkylation sites (N-methyl/N-ethyl adjacent to an activating group) is 1. The lowest BCUT2D eigenvalue weighted by Crippen LogP contribution is -2.17. The van der Waals surface area contributed by atoms with E-state index in [1.165, 1.54) is 11.6 Å². The molecule has 0 atom stereocenters. The van der Waals surface area contributed by atoms with E-state index in [1.807, 2.05) is 31.3 Å². The molecule has 0 fully saturated rings. The Kier molecular flexibility index (Phi) is 6.04. The highest BCUT2D eigenvalue weighted by Crippen LogP contribution is 2.02. The minimum atomic E-state index is -0.277. The zero-order valence-corrected chi connectivity index (χ0v) is 10.4. The third-order valence-electron chi connectivity index (χ3n) is 2.25. The Hall–Kier alpha value is -1.61. The van der Waals surface area contributed by atoms with Gasteiger partial charge in [-0.1, -0.05) is 36.4 Å². The van der Waals surface area contributed by atoms with Gasteiger partial charge in [0.15, 0.2) is 0 Å². The van der Waals surface area contributed by atoms with Crippen molar-refractivity contribution in [1.29, 1.82) is 0 Å². The second-order valence-corrected chi connectivity index (χ2v) is 3.84. The number of nitrogens with zero attached hydrogens (tertiary/aromatic N) is 1. The molecule has 3 heteroatoms. The van der Waals surface area contributed by atoms with Gasteiger partial charge in [-0.15, -0.1) is 0 Å². The molecule has 0 radical (unpaired) electrons. The monoisotopic (exact) mass is 233 g/mol. The van der Waals surface area contributed by atoms with Gasteiger partial charge in [0.25, 0.3) is 0 Å². The number of rotatable bonds is 6. The predicted molar refractivity (Wildman–Crippen MR) is 68.5 cm³/mol. The van der Waals surface area contributed by atoms with Crippen molar-refractivity contribution in [2.24, 2.45) is 0 Å². The van der Waals surface area contributed by atoms with Crippen LogP contribution < -0.4 is 0 Å². The SMILES string of the molecule is CCOC(=O)/C=C/CN(C)Cc1ccccc1. The third kappa shape index (κ3) is 5.88. The van der Waals surface area contributed by atoms with Crippen LogP contribution in [0.5, 0.6) is 0 Å².